The van der Waals surface area contributed by atoms with E-state index in [4.69, 9.17) is 0 Å². The lowest BCUT2D eigenvalue weighted by Crippen LogP contribution is -2.27. The van der Waals surface area contributed by atoms with Gasteiger partial charge in [-0.3, -0.25) is 13.9 Å². The number of carbonyl (C=O) groups excluding carboxylic acids is 2. The molecule has 2 aliphatic heterocycles. The van der Waals surface area contributed by atoms with Gasteiger partial charge in [0.2, 0.25) is 21.8 Å². The largest absolute Gasteiger partial charge is 0.326 e. The summed E-state index contributed by atoms with van der Waals surface area (Å²) in [5.41, 5.74) is 5.17. The zero-order chi connectivity index (χ0) is 18.2. The van der Waals surface area contributed by atoms with Crippen LogP contribution in [0.2, 0.25) is 0 Å². The van der Waals surface area contributed by atoms with Crippen LogP contribution in [0.25, 0.3) is 0 Å². The minimum Gasteiger partial charge on any atom is -0.326 e. The van der Waals surface area contributed by atoms with Crippen molar-refractivity contribution in [3.05, 3.63) is 23.8 Å². The van der Waals surface area contributed by atoms with Crippen LogP contribution in [-0.2, 0) is 26.0 Å². The van der Waals surface area contributed by atoms with Crippen molar-refractivity contribution in [2.45, 2.75) is 26.2 Å². The summed E-state index contributed by atoms with van der Waals surface area (Å²) >= 11 is 0. The average molecular weight is 364 g/mol. The van der Waals surface area contributed by atoms with Gasteiger partial charge < -0.3 is 5.32 Å². The predicted octanol–water partition coefficient (Wildman–Crippen LogP) is 0.849. The third kappa shape index (κ3) is 3.65. The monoisotopic (exact) mass is 364 g/mol. The van der Waals surface area contributed by atoms with Gasteiger partial charge in [0.05, 0.1) is 17.9 Å². The topological polar surface area (TPSA) is 108 Å². The maximum atomic E-state index is 12.1. The molecule has 1 aromatic carbocycles. The van der Waals surface area contributed by atoms with Crippen LogP contribution in [0, 0.1) is 5.92 Å². The number of fused-ring (bicyclic) bond motifs is 1. The summed E-state index contributed by atoms with van der Waals surface area (Å²) in [5, 5.41) is 6.62. The van der Waals surface area contributed by atoms with E-state index in [0.29, 0.717) is 36.5 Å². The van der Waals surface area contributed by atoms with Crippen molar-refractivity contribution in [3.8, 4) is 0 Å². The molecule has 25 heavy (non-hydrogen) atoms. The lowest BCUT2D eigenvalue weighted by atomic mass is 9.98. The van der Waals surface area contributed by atoms with Crippen molar-refractivity contribution in [2.24, 2.45) is 11.0 Å². The molecule has 2 N–H and O–H groups in total. The fourth-order valence-corrected chi connectivity index (χ4v) is 4.05. The lowest BCUT2D eigenvalue weighted by Gasteiger charge is -2.17. The van der Waals surface area contributed by atoms with Crippen LogP contribution in [0.5, 0.6) is 0 Å². The molecule has 0 spiro atoms. The molecular formula is C16H20N4O4S. The number of benzene rings is 1. The van der Waals surface area contributed by atoms with Crippen LogP contribution >= 0.6 is 0 Å². The van der Waals surface area contributed by atoms with Gasteiger partial charge in [-0.05, 0) is 37.5 Å². The number of hydrogen-bond acceptors (Lipinski definition) is 5. The Kier molecular flexibility index (Phi) is 4.51. The van der Waals surface area contributed by atoms with Crippen LogP contribution in [0.1, 0.15) is 25.3 Å². The molecule has 0 bridgehead atoms. The summed E-state index contributed by atoms with van der Waals surface area (Å²) in [7, 11) is -3.33. The predicted molar refractivity (Wildman–Crippen MR) is 94.9 cm³/mol. The van der Waals surface area contributed by atoms with Crippen molar-refractivity contribution < 1.29 is 18.0 Å². The number of anilines is 2. The smallest absolute Gasteiger partial charge is 0.248 e. The van der Waals surface area contributed by atoms with E-state index < -0.39 is 10.0 Å². The van der Waals surface area contributed by atoms with Gasteiger partial charge in [-0.2, -0.15) is 5.10 Å². The third-order valence-electron chi connectivity index (χ3n) is 4.45. The molecule has 1 unspecified atom stereocenters. The summed E-state index contributed by atoms with van der Waals surface area (Å²) in [6.07, 6.45) is 2.39. The number of nitrogens with one attached hydrogen (secondary N) is 2. The molecule has 2 aliphatic rings. The molecule has 0 aromatic heterocycles. The fourth-order valence-electron chi connectivity index (χ4n) is 3.10. The molecule has 2 heterocycles. The number of sulfonamides is 1. The Hall–Kier alpha value is -2.42. The maximum absolute atomic E-state index is 12.1. The first kappa shape index (κ1) is 17.4. The molecule has 1 aromatic rings. The summed E-state index contributed by atoms with van der Waals surface area (Å²) in [4.78, 5) is 23.7. The number of amides is 2. The van der Waals surface area contributed by atoms with Crippen LogP contribution < -0.4 is 15.0 Å². The quantitative estimate of drug-likeness (QED) is 0.807. The summed E-state index contributed by atoms with van der Waals surface area (Å²) in [6, 6.07) is 5.27. The highest BCUT2D eigenvalue weighted by atomic mass is 32.2. The highest BCUT2D eigenvalue weighted by molar-refractivity contribution is 7.92. The number of hydrazone groups is 1. The Bertz CT molecular complexity index is 863. The Labute approximate surface area is 146 Å². The van der Waals surface area contributed by atoms with Gasteiger partial charge in [0.1, 0.15) is 0 Å². The Morgan fingerprint density at radius 3 is 2.84 bits per heavy atom. The Morgan fingerprint density at radius 1 is 1.44 bits per heavy atom. The van der Waals surface area contributed by atoms with Crippen LogP contribution in [-0.4, -0.2) is 38.7 Å². The Balaban J connectivity index is 1.65. The number of hydrogen-bond donors (Lipinski definition) is 2. The van der Waals surface area contributed by atoms with Crippen molar-refractivity contribution in [1.29, 1.82) is 0 Å². The molecule has 9 heteroatoms. The second kappa shape index (κ2) is 6.47. The van der Waals surface area contributed by atoms with E-state index in [1.165, 1.54) is 10.6 Å². The number of nitrogens with zero attached hydrogens (tertiary/aromatic N) is 2. The SMILES string of the molecule is CC1=NNC(=O)C1CCC(=O)Nc1ccc2c(c1)N(S(C)(=O)=O)CC2. The first-order valence-corrected chi connectivity index (χ1v) is 9.85. The molecule has 0 fully saturated rings. The van der Waals surface area contributed by atoms with Crippen LogP contribution in [0.15, 0.2) is 23.3 Å². The van der Waals surface area contributed by atoms with E-state index in [2.05, 4.69) is 15.8 Å². The average Bonchev–Trinajstić information content (AvgIpc) is 3.08. The summed E-state index contributed by atoms with van der Waals surface area (Å²) in [5.74, 6) is -0.783. The Morgan fingerprint density at radius 2 is 2.20 bits per heavy atom. The van der Waals surface area contributed by atoms with E-state index in [9.17, 15) is 18.0 Å². The van der Waals surface area contributed by atoms with Gasteiger partial charge in [-0.25, -0.2) is 13.8 Å². The number of rotatable bonds is 5. The van der Waals surface area contributed by atoms with Crippen LogP contribution in [0.3, 0.4) is 0 Å². The minimum absolute atomic E-state index is 0.178. The number of carbonyl (C=O) groups is 2. The molecule has 0 saturated carbocycles. The minimum atomic E-state index is -3.33. The zero-order valence-corrected chi connectivity index (χ0v) is 14.9. The zero-order valence-electron chi connectivity index (χ0n) is 14.1. The highest BCUT2D eigenvalue weighted by Gasteiger charge is 2.28. The molecule has 1 atom stereocenters. The first-order chi connectivity index (χ1) is 11.8. The lowest BCUT2D eigenvalue weighted by molar-refractivity contribution is -0.122. The van der Waals surface area contributed by atoms with E-state index in [1.54, 1.807) is 19.1 Å². The molecule has 0 saturated heterocycles. The molecule has 8 nitrogen and oxygen atoms in total. The molecular weight excluding hydrogens is 344 g/mol. The molecule has 2 amide bonds. The van der Waals surface area contributed by atoms with Crippen molar-refractivity contribution >= 4 is 38.9 Å². The van der Waals surface area contributed by atoms with E-state index in [1.807, 2.05) is 6.07 Å². The normalized spacial score (nSPS) is 19.4. The second-order valence-corrected chi connectivity index (χ2v) is 8.20. The van der Waals surface area contributed by atoms with Crippen molar-refractivity contribution in [1.82, 2.24) is 5.43 Å². The van der Waals surface area contributed by atoms with E-state index in [-0.39, 0.29) is 24.2 Å². The van der Waals surface area contributed by atoms with Gasteiger partial charge in [0.25, 0.3) is 0 Å². The van der Waals surface area contributed by atoms with Gasteiger partial charge in [0.15, 0.2) is 0 Å². The second-order valence-electron chi connectivity index (χ2n) is 6.30. The van der Waals surface area contributed by atoms with Crippen LogP contribution in [0.4, 0.5) is 11.4 Å². The highest BCUT2D eigenvalue weighted by Crippen LogP contribution is 2.32. The fraction of sp³-hybridized carbons (Fsp3) is 0.438. The van der Waals surface area contributed by atoms with Gasteiger partial charge in [-0.15, -0.1) is 0 Å². The molecule has 0 aliphatic carbocycles. The summed E-state index contributed by atoms with van der Waals surface area (Å²) in [6.45, 7) is 2.17. The molecule has 0 radical (unpaired) electrons. The standard InChI is InChI=1S/C16H20N4O4S/c1-10-13(16(22)19-18-10)5-6-15(21)17-12-4-3-11-7-8-20(14(11)9-12)25(2,23)24/h3-4,9,13H,5-8H2,1-2H3,(H,17,21)(H,19,22). The molecule has 3 rings (SSSR count). The maximum Gasteiger partial charge on any atom is 0.248 e. The molecule has 134 valence electrons. The van der Waals surface area contributed by atoms with Crippen molar-refractivity contribution in [2.75, 3.05) is 22.4 Å². The van der Waals surface area contributed by atoms with Gasteiger partial charge in [-0.1, -0.05) is 6.07 Å². The summed E-state index contributed by atoms with van der Waals surface area (Å²) < 4.78 is 25.0. The third-order valence-corrected chi connectivity index (χ3v) is 5.63. The van der Waals surface area contributed by atoms with E-state index in [0.717, 1.165) is 5.56 Å². The van der Waals surface area contributed by atoms with E-state index >= 15 is 0 Å². The first-order valence-electron chi connectivity index (χ1n) is 8.00. The van der Waals surface area contributed by atoms with Gasteiger partial charge >= 0.3 is 0 Å². The van der Waals surface area contributed by atoms with Gasteiger partial charge in [0, 0.05) is 24.4 Å². The van der Waals surface area contributed by atoms with Crippen molar-refractivity contribution in [3.63, 3.8) is 0 Å².